The molecule has 7 heteroatoms. The number of rotatable bonds is 6. The normalized spacial score (nSPS) is 11.8. The molecule has 0 atom stereocenters. The Hall–Kier alpha value is -3.19. The Kier molecular flexibility index (Phi) is 5.66. The molecule has 0 fully saturated rings. The highest BCUT2D eigenvalue weighted by Crippen LogP contribution is 2.37. The lowest BCUT2D eigenvalue weighted by molar-refractivity contribution is 0.0734. The molecule has 2 aromatic carbocycles. The third-order valence-corrected chi connectivity index (χ3v) is 6.86. The van der Waals surface area contributed by atoms with Gasteiger partial charge in [0.15, 0.2) is 0 Å². The van der Waals surface area contributed by atoms with Crippen molar-refractivity contribution in [1.29, 1.82) is 0 Å². The summed E-state index contributed by atoms with van der Waals surface area (Å²) in [6, 6.07) is 24.0. The second-order valence-electron chi connectivity index (χ2n) is 8.41. The van der Waals surface area contributed by atoms with Gasteiger partial charge in [-0.05, 0) is 49.7 Å². The lowest BCUT2D eigenvalue weighted by Crippen LogP contribution is -2.16. The van der Waals surface area contributed by atoms with Crippen LogP contribution in [0, 0.1) is 0 Å². The Morgan fingerprint density at radius 2 is 1.70 bits per heavy atom. The van der Waals surface area contributed by atoms with Crippen molar-refractivity contribution in [2.24, 2.45) is 0 Å². The number of thiophene rings is 1. The third-order valence-electron chi connectivity index (χ3n) is 5.38. The maximum absolute atomic E-state index is 10.6. The number of aromatic nitrogens is 4. The maximum atomic E-state index is 10.6. The molecule has 1 N–H and O–H groups in total. The van der Waals surface area contributed by atoms with Gasteiger partial charge in [-0.15, -0.1) is 11.3 Å². The van der Waals surface area contributed by atoms with Gasteiger partial charge in [-0.2, -0.15) is 10.2 Å². The molecule has 0 aliphatic heterocycles. The van der Waals surface area contributed by atoms with E-state index in [2.05, 4.69) is 35.6 Å². The van der Waals surface area contributed by atoms with E-state index in [9.17, 15) is 5.11 Å². The van der Waals surface area contributed by atoms with Gasteiger partial charge in [0.05, 0.1) is 39.7 Å². The molecule has 0 amide bonds. The van der Waals surface area contributed by atoms with Crippen molar-refractivity contribution in [3.05, 3.63) is 101 Å². The standard InChI is InChI=1S/C26H23ClN4OS/c1-26(2,32)25-14-22(31(29-25)21-11-7-6-10-20(21)27)24-13-12-23(33-24)19-15-28-30(17-19)16-18-8-4-3-5-9-18/h3-15,17,32H,16H2,1-2H3. The van der Waals surface area contributed by atoms with Crippen LogP contribution in [0.2, 0.25) is 5.02 Å². The van der Waals surface area contributed by atoms with Crippen LogP contribution in [-0.2, 0) is 12.1 Å². The fraction of sp³-hybridized carbons (Fsp3) is 0.154. The minimum Gasteiger partial charge on any atom is -0.384 e. The average Bonchev–Trinajstić information content (AvgIpc) is 3.53. The van der Waals surface area contributed by atoms with Crippen LogP contribution < -0.4 is 0 Å². The van der Waals surface area contributed by atoms with E-state index < -0.39 is 5.60 Å². The molecule has 0 saturated heterocycles. The van der Waals surface area contributed by atoms with E-state index in [0.29, 0.717) is 10.7 Å². The zero-order valence-corrected chi connectivity index (χ0v) is 19.9. The van der Waals surface area contributed by atoms with Crippen LogP contribution in [0.15, 0.2) is 85.2 Å². The van der Waals surface area contributed by atoms with E-state index in [-0.39, 0.29) is 0 Å². The fourth-order valence-corrected chi connectivity index (χ4v) is 4.84. The highest BCUT2D eigenvalue weighted by atomic mass is 35.5. The summed E-state index contributed by atoms with van der Waals surface area (Å²) in [6.07, 6.45) is 3.96. The molecule has 3 heterocycles. The Labute approximate surface area is 201 Å². The predicted octanol–water partition coefficient (Wildman–Crippen LogP) is 6.39. The van der Waals surface area contributed by atoms with E-state index in [1.54, 1.807) is 25.2 Å². The molecule has 166 valence electrons. The van der Waals surface area contributed by atoms with Gasteiger partial charge < -0.3 is 5.11 Å². The van der Waals surface area contributed by atoms with Crippen molar-refractivity contribution < 1.29 is 5.11 Å². The van der Waals surface area contributed by atoms with Gasteiger partial charge in [0, 0.05) is 16.6 Å². The van der Waals surface area contributed by atoms with Crippen LogP contribution >= 0.6 is 22.9 Å². The number of hydrogen-bond donors (Lipinski definition) is 1. The van der Waals surface area contributed by atoms with Crippen molar-refractivity contribution in [3.63, 3.8) is 0 Å². The highest BCUT2D eigenvalue weighted by Gasteiger charge is 2.24. The van der Waals surface area contributed by atoms with E-state index in [1.165, 1.54) is 5.56 Å². The number of nitrogens with zero attached hydrogens (tertiary/aromatic N) is 4. The second-order valence-corrected chi connectivity index (χ2v) is 9.90. The number of halogens is 1. The van der Waals surface area contributed by atoms with Gasteiger partial charge >= 0.3 is 0 Å². The summed E-state index contributed by atoms with van der Waals surface area (Å²) in [4.78, 5) is 2.14. The lowest BCUT2D eigenvalue weighted by atomic mass is 10.1. The highest BCUT2D eigenvalue weighted by molar-refractivity contribution is 7.18. The van der Waals surface area contributed by atoms with Crippen molar-refractivity contribution in [3.8, 4) is 26.7 Å². The molecule has 5 nitrogen and oxygen atoms in total. The van der Waals surface area contributed by atoms with Gasteiger partial charge in [-0.25, -0.2) is 4.68 Å². The van der Waals surface area contributed by atoms with Gasteiger partial charge in [-0.1, -0.05) is 54.1 Å². The number of para-hydroxylation sites is 1. The van der Waals surface area contributed by atoms with Crippen LogP contribution in [0.3, 0.4) is 0 Å². The van der Waals surface area contributed by atoms with E-state index in [0.717, 1.165) is 33.2 Å². The molecular formula is C26H23ClN4OS. The maximum Gasteiger partial charge on any atom is 0.103 e. The molecule has 0 aliphatic carbocycles. The minimum atomic E-state index is -1.07. The van der Waals surface area contributed by atoms with Gasteiger partial charge in [-0.3, -0.25) is 4.68 Å². The molecule has 5 aromatic rings. The number of benzene rings is 2. The third kappa shape index (κ3) is 4.50. The van der Waals surface area contributed by atoms with Gasteiger partial charge in [0.2, 0.25) is 0 Å². The molecule has 0 saturated carbocycles. The number of hydrogen-bond acceptors (Lipinski definition) is 4. The van der Waals surface area contributed by atoms with Crippen LogP contribution in [-0.4, -0.2) is 24.7 Å². The summed E-state index contributed by atoms with van der Waals surface area (Å²) < 4.78 is 3.76. The van der Waals surface area contributed by atoms with E-state index in [1.807, 2.05) is 64.1 Å². The van der Waals surface area contributed by atoms with Crippen molar-refractivity contribution in [2.75, 3.05) is 0 Å². The average molecular weight is 475 g/mol. The number of aliphatic hydroxyl groups is 1. The molecule has 5 rings (SSSR count). The minimum absolute atomic E-state index is 0.586. The molecule has 0 radical (unpaired) electrons. The zero-order chi connectivity index (χ0) is 23.0. The lowest BCUT2D eigenvalue weighted by Gasteiger charge is -2.13. The quantitative estimate of drug-likeness (QED) is 0.310. The molecule has 0 spiro atoms. The summed E-state index contributed by atoms with van der Waals surface area (Å²) >= 11 is 8.14. The Balaban J connectivity index is 1.50. The largest absolute Gasteiger partial charge is 0.384 e. The summed E-state index contributed by atoms with van der Waals surface area (Å²) in [5.41, 5.74) is 3.45. The monoisotopic (exact) mass is 474 g/mol. The van der Waals surface area contributed by atoms with E-state index in [4.69, 9.17) is 16.7 Å². The van der Waals surface area contributed by atoms with Crippen LogP contribution in [0.25, 0.3) is 26.7 Å². The predicted molar refractivity (Wildman–Crippen MR) is 134 cm³/mol. The first-order valence-electron chi connectivity index (χ1n) is 10.6. The first kappa shape index (κ1) is 21.6. The first-order valence-corrected chi connectivity index (χ1v) is 11.8. The van der Waals surface area contributed by atoms with Crippen molar-refractivity contribution in [2.45, 2.75) is 26.0 Å². The summed E-state index contributed by atoms with van der Waals surface area (Å²) in [6.45, 7) is 4.20. The topological polar surface area (TPSA) is 55.9 Å². The molecule has 0 bridgehead atoms. The summed E-state index contributed by atoms with van der Waals surface area (Å²) in [7, 11) is 0. The molecule has 0 aliphatic rings. The molecule has 3 aromatic heterocycles. The summed E-state index contributed by atoms with van der Waals surface area (Å²) in [5.74, 6) is 0. The SMILES string of the molecule is CC(C)(O)c1cc(-c2ccc(-c3cnn(Cc4ccccc4)c3)s2)n(-c2ccccc2Cl)n1. The molecule has 33 heavy (non-hydrogen) atoms. The van der Waals surface area contributed by atoms with Crippen LogP contribution in [0.5, 0.6) is 0 Å². The van der Waals surface area contributed by atoms with Gasteiger partial charge in [0.1, 0.15) is 5.60 Å². The van der Waals surface area contributed by atoms with Crippen molar-refractivity contribution >= 4 is 22.9 Å². The Morgan fingerprint density at radius 1 is 0.970 bits per heavy atom. The molecule has 0 unspecified atom stereocenters. The summed E-state index contributed by atoms with van der Waals surface area (Å²) in [5, 5.41) is 20.4. The Morgan fingerprint density at radius 3 is 2.45 bits per heavy atom. The zero-order valence-electron chi connectivity index (χ0n) is 18.3. The van der Waals surface area contributed by atoms with Crippen molar-refractivity contribution in [1.82, 2.24) is 19.6 Å². The second kappa shape index (κ2) is 8.63. The van der Waals surface area contributed by atoms with E-state index >= 15 is 0 Å². The Bertz CT molecular complexity index is 1400. The van der Waals surface area contributed by atoms with Gasteiger partial charge in [0.25, 0.3) is 0 Å². The first-order chi connectivity index (χ1) is 15.9. The van der Waals surface area contributed by atoms with Crippen LogP contribution in [0.1, 0.15) is 25.1 Å². The smallest absolute Gasteiger partial charge is 0.103 e. The fourth-order valence-electron chi connectivity index (χ4n) is 3.64. The van der Waals surface area contributed by atoms with Crippen LogP contribution in [0.4, 0.5) is 0 Å². The molecular weight excluding hydrogens is 452 g/mol.